The number of nitrogens with zero attached hydrogens (tertiary/aromatic N) is 2. The molecule has 0 aromatic carbocycles. The van der Waals surface area contributed by atoms with Gasteiger partial charge in [-0.05, 0) is 30.9 Å². The van der Waals surface area contributed by atoms with Gasteiger partial charge in [0.05, 0.1) is 11.5 Å². The highest BCUT2D eigenvalue weighted by Crippen LogP contribution is 2.40. The Morgan fingerprint density at radius 1 is 1.43 bits per heavy atom. The third-order valence-electron chi connectivity index (χ3n) is 3.06. The van der Waals surface area contributed by atoms with Crippen LogP contribution in [0.2, 0.25) is 0 Å². The van der Waals surface area contributed by atoms with Gasteiger partial charge in [-0.2, -0.15) is 5.26 Å². The van der Waals surface area contributed by atoms with E-state index in [1.54, 1.807) is 6.20 Å². The molecule has 0 atom stereocenters. The molecule has 1 fully saturated rings. The van der Waals surface area contributed by atoms with Crippen molar-refractivity contribution in [3.63, 3.8) is 0 Å². The molecule has 1 saturated carbocycles. The van der Waals surface area contributed by atoms with E-state index in [2.05, 4.69) is 17.1 Å². The smallest absolute Gasteiger partial charge is 0.0693 e. The van der Waals surface area contributed by atoms with E-state index in [9.17, 15) is 5.26 Å². The Labute approximate surface area is 84.6 Å². The van der Waals surface area contributed by atoms with Crippen molar-refractivity contribution in [1.82, 2.24) is 4.98 Å². The van der Waals surface area contributed by atoms with Crippen molar-refractivity contribution in [3.05, 3.63) is 30.1 Å². The lowest BCUT2D eigenvalue weighted by atomic mass is 9.82. The molecule has 1 aliphatic carbocycles. The van der Waals surface area contributed by atoms with E-state index in [0.29, 0.717) is 0 Å². The molecule has 2 heteroatoms. The topological polar surface area (TPSA) is 36.7 Å². The maximum absolute atomic E-state index is 9.21. The van der Waals surface area contributed by atoms with Gasteiger partial charge in [0.2, 0.25) is 0 Å². The van der Waals surface area contributed by atoms with Crippen LogP contribution in [0.15, 0.2) is 24.5 Å². The number of rotatable bonds is 2. The minimum atomic E-state index is -0.0942. The summed E-state index contributed by atoms with van der Waals surface area (Å²) in [5, 5.41) is 9.21. The van der Waals surface area contributed by atoms with Crippen LogP contribution in [0.25, 0.3) is 0 Å². The molecular weight excluding hydrogens is 172 g/mol. The first-order valence-electron chi connectivity index (χ1n) is 5.15. The SMILES string of the molecule is N#CC1(Cc2cccnc2)CCCC1. The summed E-state index contributed by atoms with van der Waals surface area (Å²) in [5.74, 6) is 0. The van der Waals surface area contributed by atoms with Crippen LogP contribution in [0.5, 0.6) is 0 Å². The van der Waals surface area contributed by atoms with E-state index in [-0.39, 0.29) is 5.41 Å². The van der Waals surface area contributed by atoms with Gasteiger partial charge in [-0.15, -0.1) is 0 Å². The van der Waals surface area contributed by atoms with Crippen LogP contribution in [0.3, 0.4) is 0 Å². The van der Waals surface area contributed by atoms with Gasteiger partial charge in [0.1, 0.15) is 0 Å². The minimum absolute atomic E-state index is 0.0942. The molecule has 72 valence electrons. The van der Waals surface area contributed by atoms with Crippen molar-refractivity contribution in [2.24, 2.45) is 5.41 Å². The highest BCUT2D eigenvalue weighted by molar-refractivity contribution is 5.16. The standard InChI is InChI=1S/C12H14N2/c13-10-12(5-1-2-6-12)8-11-4-3-7-14-9-11/h3-4,7,9H,1-2,5-6,8H2. The average Bonchev–Trinajstić information content (AvgIpc) is 2.69. The number of hydrogen-bond acceptors (Lipinski definition) is 2. The van der Waals surface area contributed by atoms with E-state index in [4.69, 9.17) is 0 Å². The van der Waals surface area contributed by atoms with Crippen LogP contribution in [0.4, 0.5) is 0 Å². The maximum Gasteiger partial charge on any atom is 0.0693 e. The first-order chi connectivity index (χ1) is 6.85. The first kappa shape index (κ1) is 9.21. The second-order valence-corrected chi connectivity index (χ2v) is 4.14. The molecule has 0 radical (unpaired) electrons. The second-order valence-electron chi connectivity index (χ2n) is 4.14. The molecule has 0 amide bonds. The van der Waals surface area contributed by atoms with Gasteiger partial charge < -0.3 is 0 Å². The van der Waals surface area contributed by atoms with E-state index >= 15 is 0 Å². The fourth-order valence-electron chi connectivity index (χ4n) is 2.27. The highest BCUT2D eigenvalue weighted by Gasteiger charge is 2.33. The number of nitriles is 1. The van der Waals surface area contributed by atoms with E-state index in [1.165, 1.54) is 18.4 Å². The molecule has 2 rings (SSSR count). The summed E-state index contributed by atoms with van der Waals surface area (Å²) in [6.45, 7) is 0. The van der Waals surface area contributed by atoms with Gasteiger partial charge in [0.25, 0.3) is 0 Å². The van der Waals surface area contributed by atoms with E-state index < -0.39 is 0 Å². The fraction of sp³-hybridized carbons (Fsp3) is 0.500. The zero-order chi connectivity index (χ0) is 9.86. The lowest BCUT2D eigenvalue weighted by Crippen LogP contribution is -2.16. The molecule has 0 spiro atoms. The van der Waals surface area contributed by atoms with Gasteiger partial charge >= 0.3 is 0 Å². The zero-order valence-corrected chi connectivity index (χ0v) is 8.24. The van der Waals surface area contributed by atoms with Crippen LogP contribution < -0.4 is 0 Å². The number of aromatic nitrogens is 1. The average molecular weight is 186 g/mol. The maximum atomic E-state index is 9.21. The fourth-order valence-corrected chi connectivity index (χ4v) is 2.27. The molecule has 1 aliphatic rings. The predicted octanol–water partition coefficient (Wildman–Crippen LogP) is 2.71. The summed E-state index contributed by atoms with van der Waals surface area (Å²) in [4.78, 5) is 4.08. The second kappa shape index (κ2) is 3.79. The van der Waals surface area contributed by atoms with Crippen molar-refractivity contribution in [1.29, 1.82) is 5.26 Å². The monoisotopic (exact) mass is 186 g/mol. The zero-order valence-electron chi connectivity index (χ0n) is 8.24. The first-order valence-corrected chi connectivity index (χ1v) is 5.15. The lowest BCUT2D eigenvalue weighted by Gasteiger charge is -2.19. The summed E-state index contributed by atoms with van der Waals surface area (Å²) in [6, 6.07) is 6.50. The van der Waals surface area contributed by atoms with E-state index in [1.807, 2.05) is 12.3 Å². The number of hydrogen-bond donors (Lipinski definition) is 0. The van der Waals surface area contributed by atoms with Crippen molar-refractivity contribution in [2.45, 2.75) is 32.1 Å². The van der Waals surface area contributed by atoms with Gasteiger partial charge in [-0.25, -0.2) is 0 Å². The molecular formula is C12H14N2. The molecule has 0 bridgehead atoms. The third kappa shape index (κ3) is 1.77. The molecule has 0 aliphatic heterocycles. The van der Waals surface area contributed by atoms with Crippen molar-refractivity contribution < 1.29 is 0 Å². The van der Waals surface area contributed by atoms with Crippen LogP contribution in [-0.2, 0) is 6.42 Å². The van der Waals surface area contributed by atoms with Gasteiger partial charge in [-0.1, -0.05) is 18.9 Å². The summed E-state index contributed by atoms with van der Waals surface area (Å²) in [7, 11) is 0. The van der Waals surface area contributed by atoms with Crippen molar-refractivity contribution in [2.75, 3.05) is 0 Å². The summed E-state index contributed by atoms with van der Waals surface area (Å²) < 4.78 is 0. The molecule has 14 heavy (non-hydrogen) atoms. The van der Waals surface area contributed by atoms with Gasteiger partial charge in [-0.3, -0.25) is 4.98 Å². The Morgan fingerprint density at radius 3 is 2.79 bits per heavy atom. The van der Waals surface area contributed by atoms with Gasteiger partial charge in [0, 0.05) is 12.4 Å². The van der Waals surface area contributed by atoms with Crippen LogP contribution in [0.1, 0.15) is 31.2 Å². The van der Waals surface area contributed by atoms with E-state index in [0.717, 1.165) is 19.3 Å². The van der Waals surface area contributed by atoms with Crippen molar-refractivity contribution >= 4 is 0 Å². The Morgan fingerprint density at radius 2 is 2.21 bits per heavy atom. The molecule has 0 N–H and O–H groups in total. The molecule has 1 heterocycles. The lowest BCUT2D eigenvalue weighted by molar-refractivity contribution is 0.407. The quantitative estimate of drug-likeness (QED) is 0.712. The Balaban J connectivity index is 2.13. The minimum Gasteiger partial charge on any atom is -0.264 e. The normalized spacial score (nSPS) is 19.1. The summed E-state index contributed by atoms with van der Waals surface area (Å²) >= 11 is 0. The largest absolute Gasteiger partial charge is 0.264 e. The Hall–Kier alpha value is -1.36. The molecule has 0 saturated heterocycles. The highest BCUT2D eigenvalue weighted by atomic mass is 14.6. The third-order valence-corrected chi connectivity index (χ3v) is 3.06. The van der Waals surface area contributed by atoms with Gasteiger partial charge in [0.15, 0.2) is 0 Å². The Bertz CT molecular complexity index is 331. The number of pyridine rings is 1. The molecule has 0 unspecified atom stereocenters. The Kier molecular flexibility index (Phi) is 2.49. The molecule has 2 nitrogen and oxygen atoms in total. The van der Waals surface area contributed by atoms with Crippen LogP contribution in [0, 0.1) is 16.7 Å². The predicted molar refractivity (Wildman–Crippen MR) is 54.5 cm³/mol. The van der Waals surface area contributed by atoms with Crippen LogP contribution in [-0.4, -0.2) is 4.98 Å². The van der Waals surface area contributed by atoms with Crippen LogP contribution >= 0.6 is 0 Å². The summed E-state index contributed by atoms with van der Waals surface area (Å²) in [6.07, 6.45) is 9.03. The molecule has 1 aromatic rings. The molecule has 1 aromatic heterocycles. The van der Waals surface area contributed by atoms with Crippen molar-refractivity contribution in [3.8, 4) is 6.07 Å². The summed E-state index contributed by atoms with van der Waals surface area (Å²) in [5.41, 5.74) is 1.10.